The topological polar surface area (TPSA) is 38.0 Å². The van der Waals surface area contributed by atoms with Crippen LogP contribution in [-0.2, 0) is 0 Å². The number of fused-ring (bicyclic) bond motifs is 3. The van der Waals surface area contributed by atoms with Gasteiger partial charge in [0.1, 0.15) is 17.2 Å². The van der Waals surface area contributed by atoms with Gasteiger partial charge in [0, 0.05) is 22.0 Å². The van der Waals surface area contributed by atoms with E-state index in [-0.39, 0.29) is 12.3 Å². The smallest absolute Gasteiger partial charge is 0.213 e. The Kier molecular flexibility index (Phi) is 3.64. The molecule has 0 fully saturated rings. The summed E-state index contributed by atoms with van der Waals surface area (Å²) in [7, 11) is 0. The fourth-order valence-corrected chi connectivity index (χ4v) is 3.98. The maximum absolute atomic E-state index is 6.36. The molecule has 0 saturated heterocycles. The number of halogens is 1. The normalized spacial score (nSPS) is 21.0. The van der Waals surface area contributed by atoms with Crippen molar-refractivity contribution in [2.45, 2.75) is 25.6 Å². The van der Waals surface area contributed by atoms with Gasteiger partial charge in [-0.05, 0) is 37.3 Å². The van der Waals surface area contributed by atoms with Gasteiger partial charge >= 0.3 is 0 Å². The third-order valence-corrected chi connectivity index (χ3v) is 5.41. The lowest BCUT2D eigenvalue weighted by Gasteiger charge is -2.38. The fraction of sp³-hybridized carbons (Fsp3) is 0.190. The first kappa shape index (κ1) is 15.7. The minimum atomic E-state index is -0.248. The van der Waals surface area contributed by atoms with Crippen molar-refractivity contribution in [1.29, 1.82) is 0 Å². The highest BCUT2D eigenvalue weighted by molar-refractivity contribution is 9.10. The quantitative estimate of drug-likeness (QED) is 0.554. The van der Waals surface area contributed by atoms with Gasteiger partial charge in [-0.1, -0.05) is 45.8 Å². The van der Waals surface area contributed by atoms with Crippen LogP contribution in [0.1, 0.15) is 41.1 Å². The third kappa shape index (κ3) is 2.54. The summed E-state index contributed by atoms with van der Waals surface area (Å²) < 4.78 is 13.0. The van der Waals surface area contributed by atoms with Crippen LogP contribution >= 0.6 is 15.9 Å². The van der Waals surface area contributed by atoms with Gasteiger partial charge in [-0.3, -0.25) is 0 Å². The SMILES string of the molecule is Cc1ccc([C@@H]2Oc3ccc(Br)cc3[C@H]3CC(c4ccco4)=NN32)cc1. The highest BCUT2D eigenvalue weighted by Gasteiger charge is 2.41. The van der Waals surface area contributed by atoms with Crippen molar-refractivity contribution in [3.8, 4) is 5.75 Å². The van der Waals surface area contributed by atoms with Crippen LogP contribution in [0.3, 0.4) is 0 Å². The third-order valence-electron chi connectivity index (χ3n) is 4.92. The maximum atomic E-state index is 6.36. The van der Waals surface area contributed by atoms with E-state index in [1.54, 1.807) is 6.26 Å². The molecule has 0 radical (unpaired) electrons. The van der Waals surface area contributed by atoms with Gasteiger partial charge in [0.05, 0.1) is 12.3 Å². The number of hydrazone groups is 1. The van der Waals surface area contributed by atoms with Crippen LogP contribution in [0.2, 0.25) is 0 Å². The second-order valence-electron chi connectivity index (χ2n) is 6.69. The number of furan rings is 1. The number of ether oxygens (including phenoxy) is 1. The Balaban J connectivity index is 1.61. The molecule has 0 aliphatic carbocycles. The van der Waals surface area contributed by atoms with Crippen LogP contribution in [0.25, 0.3) is 0 Å². The number of benzene rings is 2. The predicted molar refractivity (Wildman–Crippen MR) is 103 cm³/mol. The van der Waals surface area contributed by atoms with Crippen molar-refractivity contribution in [3.05, 3.63) is 87.8 Å². The van der Waals surface area contributed by atoms with Crippen LogP contribution in [-0.4, -0.2) is 10.7 Å². The van der Waals surface area contributed by atoms with Crippen molar-refractivity contribution in [1.82, 2.24) is 5.01 Å². The fourth-order valence-electron chi connectivity index (χ4n) is 3.60. The Bertz CT molecular complexity index is 980. The van der Waals surface area contributed by atoms with Crippen LogP contribution in [0, 0.1) is 6.92 Å². The van der Waals surface area contributed by atoms with E-state index in [0.29, 0.717) is 0 Å². The molecule has 3 heterocycles. The molecule has 2 atom stereocenters. The molecular weight excluding hydrogens is 392 g/mol. The molecule has 0 N–H and O–H groups in total. The number of rotatable bonds is 2. The summed E-state index contributed by atoms with van der Waals surface area (Å²) in [6, 6.07) is 18.6. The average Bonchev–Trinajstić information content (AvgIpc) is 3.32. The van der Waals surface area contributed by atoms with Crippen molar-refractivity contribution in [2.24, 2.45) is 5.10 Å². The lowest BCUT2D eigenvalue weighted by atomic mass is 9.97. The summed E-state index contributed by atoms with van der Waals surface area (Å²) in [5, 5.41) is 6.94. The van der Waals surface area contributed by atoms with Crippen molar-refractivity contribution in [3.63, 3.8) is 0 Å². The summed E-state index contributed by atoms with van der Waals surface area (Å²) >= 11 is 3.58. The van der Waals surface area contributed by atoms with E-state index in [4.69, 9.17) is 14.3 Å². The maximum Gasteiger partial charge on any atom is 0.213 e. The van der Waals surface area contributed by atoms with E-state index >= 15 is 0 Å². The van der Waals surface area contributed by atoms with Crippen LogP contribution in [0.4, 0.5) is 0 Å². The lowest BCUT2D eigenvalue weighted by molar-refractivity contribution is -0.0190. The Labute approximate surface area is 160 Å². The van der Waals surface area contributed by atoms with E-state index in [0.717, 1.165) is 39.2 Å². The molecule has 2 aliphatic rings. The summed E-state index contributed by atoms with van der Waals surface area (Å²) in [5.41, 5.74) is 4.42. The first-order valence-corrected chi connectivity index (χ1v) is 9.41. The Morgan fingerprint density at radius 2 is 1.96 bits per heavy atom. The van der Waals surface area contributed by atoms with E-state index in [9.17, 15) is 0 Å². The van der Waals surface area contributed by atoms with Crippen LogP contribution in [0.15, 0.2) is 74.9 Å². The number of nitrogens with zero attached hydrogens (tertiary/aromatic N) is 2. The number of aryl methyl sites for hydroxylation is 1. The van der Waals surface area contributed by atoms with E-state index in [1.807, 2.05) is 24.3 Å². The molecule has 130 valence electrons. The van der Waals surface area contributed by atoms with E-state index in [1.165, 1.54) is 5.56 Å². The minimum Gasteiger partial charge on any atom is -0.464 e. The molecule has 0 unspecified atom stereocenters. The molecule has 5 heteroatoms. The van der Waals surface area contributed by atoms with Crippen LogP contribution in [0.5, 0.6) is 5.75 Å². The number of hydrogen-bond donors (Lipinski definition) is 0. The summed E-state index contributed by atoms with van der Waals surface area (Å²) in [4.78, 5) is 0. The zero-order valence-corrected chi connectivity index (χ0v) is 15.8. The average molecular weight is 409 g/mol. The van der Waals surface area contributed by atoms with Gasteiger partial charge < -0.3 is 9.15 Å². The molecule has 2 aliphatic heterocycles. The van der Waals surface area contributed by atoms with Crippen molar-refractivity contribution in [2.75, 3.05) is 0 Å². The second kappa shape index (κ2) is 6.02. The highest BCUT2D eigenvalue weighted by atomic mass is 79.9. The Morgan fingerprint density at radius 1 is 1.12 bits per heavy atom. The molecular formula is C21H17BrN2O2. The van der Waals surface area contributed by atoms with Gasteiger partial charge in [-0.15, -0.1) is 0 Å². The first-order chi connectivity index (χ1) is 12.7. The molecule has 0 saturated carbocycles. The first-order valence-electron chi connectivity index (χ1n) is 8.61. The van der Waals surface area contributed by atoms with Gasteiger partial charge in [0.25, 0.3) is 0 Å². The Morgan fingerprint density at radius 3 is 2.73 bits per heavy atom. The molecule has 2 aromatic carbocycles. The van der Waals surface area contributed by atoms with Gasteiger partial charge in [0.15, 0.2) is 0 Å². The largest absolute Gasteiger partial charge is 0.464 e. The van der Waals surface area contributed by atoms with E-state index < -0.39 is 0 Å². The molecule has 1 aromatic heterocycles. The zero-order valence-electron chi connectivity index (χ0n) is 14.2. The minimum absolute atomic E-state index is 0.127. The highest BCUT2D eigenvalue weighted by Crippen LogP contribution is 2.48. The van der Waals surface area contributed by atoms with E-state index in [2.05, 4.69) is 58.2 Å². The van der Waals surface area contributed by atoms with Crippen LogP contribution < -0.4 is 4.74 Å². The summed E-state index contributed by atoms with van der Waals surface area (Å²) in [6.45, 7) is 2.09. The van der Waals surface area contributed by atoms with Gasteiger partial charge in [-0.25, -0.2) is 5.01 Å². The standard InChI is InChI=1S/C21H17BrN2O2/c1-13-4-6-14(7-5-13)21-24-18(12-17(23-24)20-3-2-10-25-20)16-11-15(22)8-9-19(16)26-21/h2-11,18,21H,12H2,1H3/t18-,21+/m1/s1. The monoisotopic (exact) mass is 408 g/mol. The second-order valence-corrected chi connectivity index (χ2v) is 7.60. The van der Waals surface area contributed by atoms with Crippen molar-refractivity contribution >= 4 is 21.6 Å². The summed E-state index contributed by atoms with van der Waals surface area (Å²) in [5.74, 6) is 1.73. The predicted octanol–water partition coefficient (Wildman–Crippen LogP) is 5.59. The molecule has 0 spiro atoms. The summed E-state index contributed by atoms with van der Waals surface area (Å²) in [6.07, 6.45) is 2.23. The molecule has 0 amide bonds. The molecule has 5 rings (SSSR count). The molecule has 26 heavy (non-hydrogen) atoms. The Hall–Kier alpha value is -2.53. The number of hydrogen-bond acceptors (Lipinski definition) is 4. The molecule has 3 aromatic rings. The molecule has 4 nitrogen and oxygen atoms in total. The van der Waals surface area contributed by atoms with Crippen molar-refractivity contribution < 1.29 is 9.15 Å². The van der Waals surface area contributed by atoms with Gasteiger partial charge in [0.2, 0.25) is 6.23 Å². The molecule has 0 bridgehead atoms. The zero-order chi connectivity index (χ0) is 17.7. The lowest BCUT2D eigenvalue weighted by Crippen LogP contribution is -2.33. The van der Waals surface area contributed by atoms with Gasteiger partial charge in [-0.2, -0.15) is 5.10 Å².